The van der Waals surface area contributed by atoms with Gasteiger partial charge in [0, 0.05) is 37.3 Å². The van der Waals surface area contributed by atoms with E-state index < -0.39 is 0 Å². The molecule has 0 radical (unpaired) electrons. The third-order valence-electron chi connectivity index (χ3n) is 4.83. The maximum absolute atomic E-state index is 12.3. The number of carbonyl (C=O) groups is 1. The van der Waals surface area contributed by atoms with Gasteiger partial charge in [-0.15, -0.1) is 11.3 Å². The summed E-state index contributed by atoms with van der Waals surface area (Å²) in [5.41, 5.74) is 2.52. The molecule has 0 spiro atoms. The zero-order chi connectivity index (χ0) is 18.0. The van der Waals surface area contributed by atoms with Crippen LogP contribution in [0.2, 0.25) is 0 Å². The van der Waals surface area contributed by atoms with E-state index in [-0.39, 0.29) is 11.9 Å². The van der Waals surface area contributed by atoms with E-state index in [0.29, 0.717) is 5.92 Å². The van der Waals surface area contributed by atoms with Gasteiger partial charge in [-0.25, -0.2) is 4.98 Å². The molecule has 3 rings (SSSR count). The molecule has 2 heterocycles. The minimum absolute atomic E-state index is 0.0193. The van der Waals surface area contributed by atoms with Crippen LogP contribution < -0.4 is 0 Å². The van der Waals surface area contributed by atoms with E-state index in [0.717, 1.165) is 30.9 Å². The molecule has 1 aromatic heterocycles. The molecule has 2 aromatic rings. The lowest BCUT2D eigenvalue weighted by Gasteiger charge is -2.25. The van der Waals surface area contributed by atoms with E-state index in [1.54, 1.807) is 16.2 Å². The predicted octanol–water partition coefficient (Wildman–Crippen LogP) is 3.99. The number of hydrogen-bond donors (Lipinski definition) is 0. The van der Waals surface area contributed by atoms with Crippen LogP contribution in [0.1, 0.15) is 43.0 Å². The second-order valence-corrected chi connectivity index (χ2v) is 8.38. The highest BCUT2D eigenvalue weighted by Gasteiger charge is 2.31. The van der Waals surface area contributed by atoms with Crippen molar-refractivity contribution in [3.8, 4) is 10.6 Å². The quantitative estimate of drug-likeness (QED) is 0.812. The first kappa shape index (κ1) is 18.1. The molecular weight excluding hydrogens is 330 g/mol. The molecule has 0 aliphatic carbocycles. The Morgan fingerprint density at radius 3 is 2.68 bits per heavy atom. The summed E-state index contributed by atoms with van der Waals surface area (Å²) in [4.78, 5) is 22.2. The van der Waals surface area contributed by atoms with Crippen molar-refractivity contribution in [3.63, 3.8) is 0 Å². The number of rotatable bonds is 5. The molecule has 4 nitrogen and oxygen atoms in total. The summed E-state index contributed by atoms with van der Waals surface area (Å²) in [6.07, 6.45) is 4.01. The number of nitrogens with zero attached hydrogens (tertiary/aromatic N) is 3. The van der Waals surface area contributed by atoms with E-state index in [9.17, 15) is 4.79 Å². The topological polar surface area (TPSA) is 36.4 Å². The van der Waals surface area contributed by atoms with Crippen LogP contribution in [0.5, 0.6) is 0 Å². The molecule has 1 aliphatic heterocycles. The van der Waals surface area contributed by atoms with Gasteiger partial charge in [-0.1, -0.05) is 38.1 Å². The fraction of sp³-hybridized carbons (Fsp3) is 0.500. The van der Waals surface area contributed by atoms with Gasteiger partial charge in [0.1, 0.15) is 5.01 Å². The molecule has 1 aliphatic rings. The third kappa shape index (κ3) is 4.10. The fourth-order valence-corrected chi connectivity index (χ4v) is 4.26. The minimum atomic E-state index is 0.0193. The van der Waals surface area contributed by atoms with Gasteiger partial charge >= 0.3 is 0 Å². The van der Waals surface area contributed by atoms with Gasteiger partial charge in [0.2, 0.25) is 5.91 Å². The number of hydrogen-bond acceptors (Lipinski definition) is 4. The number of likely N-dealkylation sites (N-methyl/N-ethyl adjacent to an activating group) is 1. The smallest absolute Gasteiger partial charge is 0.239 e. The summed E-state index contributed by atoms with van der Waals surface area (Å²) in [6.45, 7) is 6.21. The van der Waals surface area contributed by atoms with Crippen LogP contribution in [0.4, 0.5) is 0 Å². The zero-order valence-electron chi connectivity index (χ0n) is 15.5. The molecule has 134 valence electrons. The molecular formula is C20H27N3OS. The largest absolute Gasteiger partial charge is 0.347 e. The summed E-state index contributed by atoms with van der Waals surface area (Å²) in [7, 11) is 3.68. The van der Waals surface area contributed by atoms with E-state index in [1.165, 1.54) is 16.0 Å². The molecule has 1 fully saturated rings. The summed E-state index contributed by atoms with van der Waals surface area (Å²) >= 11 is 1.73. The number of benzene rings is 1. The Balaban J connectivity index is 1.70. The van der Waals surface area contributed by atoms with Crippen molar-refractivity contribution >= 4 is 17.2 Å². The summed E-state index contributed by atoms with van der Waals surface area (Å²) in [6, 6.07) is 8.71. The van der Waals surface area contributed by atoms with Crippen LogP contribution in [-0.2, 0) is 11.3 Å². The Kier molecular flexibility index (Phi) is 5.54. The van der Waals surface area contributed by atoms with Crippen LogP contribution >= 0.6 is 11.3 Å². The molecule has 5 heteroatoms. The molecule has 1 atom stereocenters. The lowest BCUT2D eigenvalue weighted by Crippen LogP contribution is -2.42. The SMILES string of the molecule is CC(C)c1ccc(-c2ncc(CN3CCCC3C(=O)N(C)C)s2)cc1. The van der Waals surface area contributed by atoms with E-state index in [4.69, 9.17) is 0 Å². The normalized spacial score (nSPS) is 18.0. The van der Waals surface area contributed by atoms with Gasteiger partial charge in [-0.05, 0) is 30.9 Å². The molecule has 0 N–H and O–H groups in total. The van der Waals surface area contributed by atoms with E-state index in [1.807, 2.05) is 20.3 Å². The van der Waals surface area contributed by atoms with Crippen LogP contribution in [0.3, 0.4) is 0 Å². The Hall–Kier alpha value is -1.72. The fourth-order valence-electron chi connectivity index (χ4n) is 3.32. The van der Waals surface area contributed by atoms with Gasteiger partial charge in [0.15, 0.2) is 0 Å². The molecule has 1 saturated heterocycles. The van der Waals surface area contributed by atoms with Crippen molar-refractivity contribution in [2.75, 3.05) is 20.6 Å². The molecule has 25 heavy (non-hydrogen) atoms. The summed E-state index contributed by atoms with van der Waals surface area (Å²) in [5.74, 6) is 0.758. The van der Waals surface area contributed by atoms with Crippen molar-refractivity contribution < 1.29 is 4.79 Å². The van der Waals surface area contributed by atoms with Crippen LogP contribution in [0.15, 0.2) is 30.5 Å². The van der Waals surface area contributed by atoms with Gasteiger partial charge in [-0.2, -0.15) is 0 Å². The Labute approximate surface area is 154 Å². The van der Waals surface area contributed by atoms with Crippen LogP contribution in [0, 0.1) is 0 Å². The van der Waals surface area contributed by atoms with Crippen LogP contribution in [0.25, 0.3) is 10.6 Å². The number of aromatic nitrogens is 1. The van der Waals surface area contributed by atoms with Crippen molar-refractivity contribution in [1.82, 2.24) is 14.8 Å². The second-order valence-electron chi connectivity index (χ2n) is 7.27. The van der Waals surface area contributed by atoms with Crippen molar-refractivity contribution in [2.45, 2.75) is 45.2 Å². The Morgan fingerprint density at radius 1 is 1.32 bits per heavy atom. The minimum Gasteiger partial charge on any atom is -0.347 e. The first-order chi connectivity index (χ1) is 12.0. The summed E-state index contributed by atoms with van der Waals surface area (Å²) in [5, 5.41) is 1.06. The predicted molar refractivity (Wildman–Crippen MR) is 104 cm³/mol. The monoisotopic (exact) mass is 357 g/mol. The van der Waals surface area contributed by atoms with Gasteiger partial charge in [0.05, 0.1) is 6.04 Å². The van der Waals surface area contributed by atoms with E-state index >= 15 is 0 Å². The second kappa shape index (κ2) is 7.67. The zero-order valence-corrected chi connectivity index (χ0v) is 16.3. The van der Waals surface area contributed by atoms with Crippen molar-refractivity contribution in [3.05, 3.63) is 40.9 Å². The Morgan fingerprint density at radius 2 is 2.04 bits per heavy atom. The highest BCUT2D eigenvalue weighted by Crippen LogP contribution is 2.29. The standard InChI is InChI=1S/C20H27N3OS/c1-14(2)15-7-9-16(10-8-15)19-21-12-17(25-19)13-23-11-5-6-18(23)20(24)22(3)4/h7-10,12,14,18H,5-6,11,13H2,1-4H3. The van der Waals surface area contributed by atoms with E-state index in [2.05, 4.69) is 48.0 Å². The van der Waals surface area contributed by atoms with Gasteiger partial charge in [-0.3, -0.25) is 9.69 Å². The number of likely N-dealkylation sites (tertiary alicyclic amines) is 1. The highest BCUT2D eigenvalue weighted by molar-refractivity contribution is 7.15. The Bertz CT molecular complexity index is 721. The van der Waals surface area contributed by atoms with Crippen molar-refractivity contribution in [2.24, 2.45) is 0 Å². The number of thiazole rings is 1. The van der Waals surface area contributed by atoms with Gasteiger partial charge in [0.25, 0.3) is 0 Å². The first-order valence-corrected chi connectivity index (χ1v) is 9.77. The average Bonchev–Trinajstić information content (AvgIpc) is 3.24. The maximum Gasteiger partial charge on any atom is 0.239 e. The molecule has 0 saturated carbocycles. The molecule has 1 amide bonds. The van der Waals surface area contributed by atoms with Gasteiger partial charge < -0.3 is 4.90 Å². The molecule has 1 aromatic carbocycles. The number of amides is 1. The van der Waals surface area contributed by atoms with Crippen molar-refractivity contribution in [1.29, 1.82) is 0 Å². The lowest BCUT2D eigenvalue weighted by atomic mass is 10.0. The summed E-state index contributed by atoms with van der Waals surface area (Å²) < 4.78 is 0. The highest BCUT2D eigenvalue weighted by atomic mass is 32.1. The first-order valence-electron chi connectivity index (χ1n) is 8.96. The van der Waals surface area contributed by atoms with Crippen LogP contribution in [-0.4, -0.2) is 47.4 Å². The third-order valence-corrected chi connectivity index (χ3v) is 5.86. The number of carbonyl (C=O) groups excluding carboxylic acids is 1. The lowest BCUT2D eigenvalue weighted by molar-refractivity contribution is -0.133. The maximum atomic E-state index is 12.3. The molecule has 1 unspecified atom stereocenters. The molecule has 0 bridgehead atoms. The average molecular weight is 358 g/mol.